The zero-order chi connectivity index (χ0) is 19.7. The Morgan fingerprint density at radius 3 is 2.75 bits per heavy atom. The molecule has 28 heavy (non-hydrogen) atoms. The molecule has 1 fully saturated rings. The van der Waals surface area contributed by atoms with Crippen molar-refractivity contribution in [2.24, 2.45) is 7.05 Å². The van der Waals surface area contributed by atoms with Gasteiger partial charge in [-0.05, 0) is 51.4 Å². The molecule has 7 heteroatoms. The third-order valence-electron chi connectivity index (χ3n) is 5.87. The number of rotatable bonds is 5. The van der Waals surface area contributed by atoms with Crippen LogP contribution in [0.15, 0.2) is 33.6 Å². The van der Waals surface area contributed by atoms with Crippen molar-refractivity contribution < 1.29 is 4.52 Å². The fourth-order valence-electron chi connectivity index (χ4n) is 4.17. The van der Waals surface area contributed by atoms with Crippen molar-refractivity contribution in [2.75, 3.05) is 32.0 Å². The van der Waals surface area contributed by atoms with Crippen molar-refractivity contribution in [3.8, 4) is 0 Å². The van der Waals surface area contributed by atoms with Gasteiger partial charge in [0.15, 0.2) is 5.58 Å². The number of nitrogens with one attached hydrogen (secondary N) is 1. The molecule has 0 radical (unpaired) electrons. The average Bonchev–Trinajstić information content (AvgIpc) is 3.15. The topological polar surface area (TPSA) is 76.2 Å². The van der Waals surface area contributed by atoms with E-state index < -0.39 is 0 Å². The highest BCUT2D eigenvalue weighted by molar-refractivity contribution is 5.79. The van der Waals surface area contributed by atoms with Gasteiger partial charge in [0.05, 0.1) is 5.69 Å². The molecule has 3 heterocycles. The number of likely N-dealkylation sites (tertiary alicyclic amines) is 1. The van der Waals surface area contributed by atoms with Gasteiger partial charge in [0.2, 0.25) is 5.95 Å². The van der Waals surface area contributed by atoms with Gasteiger partial charge in [-0.3, -0.25) is 9.36 Å². The van der Waals surface area contributed by atoms with Crippen molar-refractivity contribution in [3.05, 3.63) is 51.6 Å². The summed E-state index contributed by atoms with van der Waals surface area (Å²) in [5.74, 6) is 1.04. The van der Waals surface area contributed by atoms with Gasteiger partial charge in [-0.15, -0.1) is 0 Å². The van der Waals surface area contributed by atoms with E-state index in [9.17, 15) is 4.79 Å². The highest BCUT2D eigenvalue weighted by atomic mass is 16.5. The number of nitrogens with zero attached hydrogens (tertiary/aromatic N) is 4. The van der Waals surface area contributed by atoms with Gasteiger partial charge in [-0.25, -0.2) is 4.98 Å². The third kappa shape index (κ3) is 3.42. The molecular weight excluding hydrogens is 354 g/mol. The normalized spacial score (nSPS) is 16.0. The van der Waals surface area contributed by atoms with E-state index >= 15 is 0 Å². The zero-order valence-corrected chi connectivity index (χ0v) is 16.7. The predicted molar refractivity (Wildman–Crippen MR) is 110 cm³/mol. The molecule has 1 N–H and O–H groups in total. The number of hydrogen-bond acceptors (Lipinski definition) is 6. The summed E-state index contributed by atoms with van der Waals surface area (Å²) < 4.78 is 7.07. The van der Waals surface area contributed by atoms with Crippen LogP contribution in [0.1, 0.15) is 35.7 Å². The third-order valence-corrected chi connectivity index (χ3v) is 5.87. The number of benzene rings is 1. The monoisotopic (exact) mass is 381 g/mol. The lowest BCUT2D eigenvalue weighted by molar-refractivity contribution is 0.211. The summed E-state index contributed by atoms with van der Waals surface area (Å²) in [6.45, 7) is 4.81. The molecule has 0 saturated carbocycles. The van der Waals surface area contributed by atoms with Gasteiger partial charge in [0, 0.05) is 43.2 Å². The van der Waals surface area contributed by atoms with E-state index in [0.717, 1.165) is 66.8 Å². The van der Waals surface area contributed by atoms with Crippen molar-refractivity contribution in [1.82, 2.24) is 19.6 Å². The summed E-state index contributed by atoms with van der Waals surface area (Å²) >= 11 is 0. The van der Waals surface area contributed by atoms with E-state index in [1.165, 1.54) is 0 Å². The van der Waals surface area contributed by atoms with Crippen LogP contribution < -0.4 is 10.9 Å². The van der Waals surface area contributed by atoms with Gasteiger partial charge in [-0.2, -0.15) is 0 Å². The maximum absolute atomic E-state index is 12.6. The second kappa shape index (κ2) is 7.75. The summed E-state index contributed by atoms with van der Waals surface area (Å²) in [7, 11) is 3.54. The minimum atomic E-state index is 0.0424. The molecule has 0 spiro atoms. The fourth-order valence-corrected chi connectivity index (χ4v) is 4.17. The van der Waals surface area contributed by atoms with Crippen LogP contribution in [0.25, 0.3) is 11.0 Å². The second-order valence-electron chi connectivity index (χ2n) is 7.54. The highest BCUT2D eigenvalue weighted by Gasteiger charge is 2.25. The van der Waals surface area contributed by atoms with E-state index in [4.69, 9.17) is 4.52 Å². The van der Waals surface area contributed by atoms with Crippen LogP contribution in [0.2, 0.25) is 0 Å². The Morgan fingerprint density at radius 2 is 2.00 bits per heavy atom. The number of piperidine rings is 1. The quantitative estimate of drug-likeness (QED) is 0.732. The summed E-state index contributed by atoms with van der Waals surface area (Å²) in [6.07, 6.45) is 2.85. The van der Waals surface area contributed by atoms with Crippen LogP contribution in [-0.4, -0.2) is 46.3 Å². The lowest BCUT2D eigenvalue weighted by Gasteiger charge is -2.31. The van der Waals surface area contributed by atoms with Crippen LogP contribution >= 0.6 is 0 Å². The summed E-state index contributed by atoms with van der Waals surface area (Å²) in [4.78, 5) is 19.6. The molecule has 1 aliphatic rings. The number of hydrogen-bond donors (Lipinski definition) is 1. The SMILES string of the molecule is CNc1nc(C)c(CCN2CCC(c3noc4ccccc34)CC2)c(=O)n1C. The second-order valence-corrected chi connectivity index (χ2v) is 7.54. The number of fused-ring (bicyclic) bond motifs is 1. The van der Waals surface area contributed by atoms with E-state index in [1.807, 2.05) is 25.1 Å². The fraction of sp³-hybridized carbons (Fsp3) is 0.476. The number of anilines is 1. The molecule has 148 valence electrons. The Kier molecular flexibility index (Phi) is 5.17. The molecule has 0 unspecified atom stereocenters. The van der Waals surface area contributed by atoms with Crippen molar-refractivity contribution >= 4 is 16.9 Å². The molecule has 0 amide bonds. The predicted octanol–water partition coefficient (Wildman–Crippen LogP) is 2.69. The van der Waals surface area contributed by atoms with Crippen LogP contribution in [-0.2, 0) is 13.5 Å². The molecule has 0 bridgehead atoms. The Labute approximate surface area is 164 Å². The molecule has 1 aliphatic heterocycles. The minimum Gasteiger partial charge on any atom is -0.359 e. The molecule has 2 aromatic heterocycles. The van der Waals surface area contributed by atoms with Crippen molar-refractivity contribution in [2.45, 2.75) is 32.1 Å². The summed E-state index contributed by atoms with van der Waals surface area (Å²) in [6, 6.07) is 8.07. The van der Waals surface area contributed by atoms with E-state index in [0.29, 0.717) is 11.9 Å². The summed E-state index contributed by atoms with van der Waals surface area (Å²) in [5.41, 5.74) is 3.62. The largest absolute Gasteiger partial charge is 0.359 e. The lowest BCUT2D eigenvalue weighted by Crippen LogP contribution is -2.36. The minimum absolute atomic E-state index is 0.0424. The highest BCUT2D eigenvalue weighted by Crippen LogP contribution is 2.32. The molecular formula is C21H27N5O2. The first-order valence-electron chi connectivity index (χ1n) is 9.89. The van der Waals surface area contributed by atoms with Crippen LogP contribution in [0, 0.1) is 6.92 Å². The standard InChI is InChI=1S/C21H27N5O2/c1-14-16(20(27)25(3)21(22-2)23-14)10-13-26-11-8-15(9-12-26)19-17-6-4-5-7-18(17)28-24-19/h4-7,15H,8-13H2,1-3H3,(H,22,23). The van der Waals surface area contributed by atoms with Gasteiger partial charge in [-0.1, -0.05) is 17.3 Å². The Morgan fingerprint density at radius 1 is 1.25 bits per heavy atom. The first-order valence-corrected chi connectivity index (χ1v) is 9.89. The molecule has 0 aliphatic carbocycles. The van der Waals surface area contributed by atoms with Gasteiger partial charge < -0.3 is 14.7 Å². The van der Waals surface area contributed by atoms with E-state index in [2.05, 4.69) is 26.4 Å². The first kappa shape index (κ1) is 18.7. The lowest BCUT2D eigenvalue weighted by atomic mass is 9.91. The van der Waals surface area contributed by atoms with Crippen LogP contribution in [0.5, 0.6) is 0 Å². The van der Waals surface area contributed by atoms with E-state index in [-0.39, 0.29) is 5.56 Å². The maximum Gasteiger partial charge on any atom is 0.258 e. The number of aromatic nitrogens is 3. The Hall–Kier alpha value is -2.67. The first-order chi connectivity index (χ1) is 13.6. The van der Waals surface area contributed by atoms with Gasteiger partial charge in [0.25, 0.3) is 5.56 Å². The van der Waals surface area contributed by atoms with Crippen LogP contribution in [0.4, 0.5) is 5.95 Å². The van der Waals surface area contributed by atoms with Gasteiger partial charge >= 0.3 is 0 Å². The smallest absolute Gasteiger partial charge is 0.258 e. The van der Waals surface area contributed by atoms with Crippen molar-refractivity contribution in [3.63, 3.8) is 0 Å². The molecule has 0 atom stereocenters. The zero-order valence-electron chi connectivity index (χ0n) is 16.7. The van der Waals surface area contributed by atoms with Crippen molar-refractivity contribution in [1.29, 1.82) is 0 Å². The van der Waals surface area contributed by atoms with Gasteiger partial charge in [0.1, 0.15) is 0 Å². The number of aryl methyl sites for hydroxylation is 1. The van der Waals surface area contributed by atoms with Crippen LogP contribution in [0.3, 0.4) is 0 Å². The number of para-hydroxylation sites is 1. The molecule has 1 saturated heterocycles. The Balaban J connectivity index is 1.39. The van der Waals surface area contributed by atoms with E-state index in [1.54, 1.807) is 18.7 Å². The molecule has 1 aromatic carbocycles. The Bertz CT molecular complexity index is 1030. The molecule has 3 aromatic rings. The molecule has 4 rings (SSSR count). The maximum atomic E-state index is 12.6. The summed E-state index contributed by atoms with van der Waals surface area (Å²) in [5, 5.41) is 8.44. The average molecular weight is 381 g/mol. The molecule has 7 nitrogen and oxygen atoms in total.